The van der Waals surface area contributed by atoms with E-state index >= 15 is 0 Å². The van der Waals surface area contributed by atoms with Crippen molar-refractivity contribution in [2.45, 2.75) is 25.8 Å². The Morgan fingerprint density at radius 2 is 2.25 bits per heavy atom. The van der Waals surface area contributed by atoms with Crippen LogP contribution >= 0.6 is 0 Å². The molecular weight excluding hydrogens is 234 g/mol. The zero-order valence-electron chi connectivity index (χ0n) is 9.26. The summed E-state index contributed by atoms with van der Waals surface area (Å²) >= 11 is 0. The van der Waals surface area contributed by atoms with Gasteiger partial charge in [-0.15, -0.1) is 0 Å². The number of ether oxygens (including phenoxy) is 1. The molecule has 0 amide bonds. The topological polar surface area (TPSA) is 83.9 Å². The minimum atomic E-state index is -3.34. The number of carboxylic acid groups (broad SMARTS) is 1. The first kappa shape index (κ1) is 13.4. The molecule has 16 heavy (non-hydrogen) atoms. The van der Waals surface area contributed by atoms with Crippen molar-refractivity contribution in [2.75, 3.05) is 25.5 Å². The Morgan fingerprint density at radius 3 is 2.81 bits per heavy atom. The van der Waals surface area contributed by atoms with Gasteiger partial charge in [-0.25, -0.2) is 8.42 Å². The predicted octanol–water partition coefficient (Wildman–Crippen LogP) is -0.0983. The molecule has 0 spiro atoms. The average Bonchev–Trinajstić information content (AvgIpc) is 2.17. The van der Waals surface area contributed by atoms with Gasteiger partial charge in [-0.3, -0.25) is 4.79 Å². The summed E-state index contributed by atoms with van der Waals surface area (Å²) in [5, 5.41) is 8.70. The van der Waals surface area contributed by atoms with E-state index in [2.05, 4.69) is 0 Å². The van der Waals surface area contributed by atoms with Gasteiger partial charge in [-0.05, 0) is 6.42 Å². The molecule has 0 saturated carbocycles. The fourth-order valence-corrected chi connectivity index (χ4v) is 3.44. The van der Waals surface area contributed by atoms with Gasteiger partial charge < -0.3 is 9.84 Å². The Bertz CT molecular complexity index is 340. The lowest BCUT2D eigenvalue weighted by Crippen LogP contribution is -2.50. The van der Waals surface area contributed by atoms with Crippen LogP contribution in [0, 0.1) is 0 Å². The molecule has 1 fully saturated rings. The second-order valence-corrected chi connectivity index (χ2v) is 5.79. The van der Waals surface area contributed by atoms with Gasteiger partial charge in [0.05, 0.1) is 31.4 Å². The molecule has 1 aliphatic heterocycles. The molecule has 0 aromatic rings. The Kier molecular flexibility index (Phi) is 4.69. The monoisotopic (exact) mass is 251 g/mol. The molecule has 1 N–H and O–H groups in total. The van der Waals surface area contributed by atoms with Gasteiger partial charge in [0.1, 0.15) is 0 Å². The maximum absolute atomic E-state index is 11.9. The number of sulfonamides is 1. The van der Waals surface area contributed by atoms with Crippen LogP contribution in [0.15, 0.2) is 0 Å². The van der Waals surface area contributed by atoms with Crippen LogP contribution in [-0.4, -0.2) is 55.4 Å². The van der Waals surface area contributed by atoms with Gasteiger partial charge in [-0.1, -0.05) is 6.92 Å². The standard InChI is InChI=1S/C9H17NO5S/c1-2-5-16(13,14)10-3-4-15-7-8(10)6-9(11)12/h8H,2-7H2,1H3,(H,11,12). The summed E-state index contributed by atoms with van der Waals surface area (Å²) in [6, 6.07) is -0.567. The number of aliphatic carboxylic acids is 1. The van der Waals surface area contributed by atoms with E-state index < -0.39 is 22.0 Å². The molecule has 0 aromatic carbocycles. The van der Waals surface area contributed by atoms with Crippen LogP contribution in [0.5, 0.6) is 0 Å². The number of rotatable bonds is 5. The molecule has 0 radical (unpaired) electrons. The lowest BCUT2D eigenvalue weighted by Gasteiger charge is -2.33. The highest BCUT2D eigenvalue weighted by molar-refractivity contribution is 7.89. The largest absolute Gasteiger partial charge is 0.481 e. The quantitative estimate of drug-likeness (QED) is 0.737. The highest BCUT2D eigenvalue weighted by Gasteiger charge is 2.33. The van der Waals surface area contributed by atoms with Crippen LogP contribution in [0.4, 0.5) is 0 Å². The first-order chi connectivity index (χ1) is 7.47. The van der Waals surface area contributed by atoms with Crippen molar-refractivity contribution in [3.05, 3.63) is 0 Å². The van der Waals surface area contributed by atoms with Crippen molar-refractivity contribution in [1.82, 2.24) is 4.31 Å². The molecule has 7 heteroatoms. The Morgan fingerprint density at radius 1 is 1.56 bits per heavy atom. The number of hydrogen-bond acceptors (Lipinski definition) is 4. The van der Waals surface area contributed by atoms with E-state index in [0.717, 1.165) is 0 Å². The van der Waals surface area contributed by atoms with Gasteiger partial charge in [0.25, 0.3) is 0 Å². The Balaban J connectivity index is 2.77. The second kappa shape index (κ2) is 5.60. The number of hydrogen-bond donors (Lipinski definition) is 1. The van der Waals surface area contributed by atoms with E-state index in [1.54, 1.807) is 6.92 Å². The maximum atomic E-state index is 11.9. The van der Waals surface area contributed by atoms with E-state index in [-0.39, 0.29) is 25.3 Å². The summed E-state index contributed by atoms with van der Waals surface area (Å²) in [7, 11) is -3.34. The summed E-state index contributed by atoms with van der Waals surface area (Å²) in [6.07, 6.45) is 0.322. The van der Waals surface area contributed by atoms with Gasteiger partial charge in [-0.2, -0.15) is 4.31 Å². The lowest BCUT2D eigenvalue weighted by molar-refractivity contribution is -0.139. The summed E-state index contributed by atoms with van der Waals surface area (Å²) < 4.78 is 30.1. The summed E-state index contributed by atoms with van der Waals surface area (Å²) in [6.45, 7) is 2.53. The van der Waals surface area contributed by atoms with Gasteiger partial charge in [0.2, 0.25) is 10.0 Å². The van der Waals surface area contributed by atoms with Gasteiger partial charge >= 0.3 is 5.97 Å². The first-order valence-electron chi connectivity index (χ1n) is 5.26. The summed E-state index contributed by atoms with van der Waals surface area (Å²) in [5.41, 5.74) is 0. The van der Waals surface area contributed by atoms with Crippen LogP contribution < -0.4 is 0 Å². The van der Waals surface area contributed by atoms with Crippen molar-refractivity contribution < 1.29 is 23.1 Å². The number of carboxylic acids is 1. The SMILES string of the molecule is CCCS(=O)(=O)N1CCOCC1CC(=O)O. The molecule has 0 bridgehead atoms. The van der Waals surface area contributed by atoms with Crippen molar-refractivity contribution in [1.29, 1.82) is 0 Å². The number of morpholine rings is 1. The molecule has 1 atom stereocenters. The predicted molar refractivity (Wildman–Crippen MR) is 57.6 cm³/mol. The average molecular weight is 251 g/mol. The third-order valence-corrected chi connectivity index (χ3v) is 4.52. The zero-order valence-corrected chi connectivity index (χ0v) is 10.1. The first-order valence-corrected chi connectivity index (χ1v) is 6.87. The third-order valence-electron chi connectivity index (χ3n) is 2.40. The minimum Gasteiger partial charge on any atom is -0.481 e. The van der Waals surface area contributed by atoms with Gasteiger partial charge in [0.15, 0.2) is 0 Å². The highest BCUT2D eigenvalue weighted by Crippen LogP contribution is 2.16. The summed E-state index contributed by atoms with van der Waals surface area (Å²) in [5.74, 6) is -0.949. The third kappa shape index (κ3) is 3.43. The molecule has 1 unspecified atom stereocenters. The van der Waals surface area contributed by atoms with E-state index in [1.165, 1.54) is 4.31 Å². The molecule has 94 valence electrons. The van der Waals surface area contributed by atoms with Crippen molar-refractivity contribution in [3.8, 4) is 0 Å². The zero-order chi connectivity index (χ0) is 12.2. The lowest BCUT2D eigenvalue weighted by atomic mass is 10.2. The van der Waals surface area contributed by atoms with E-state index in [4.69, 9.17) is 9.84 Å². The normalized spacial score (nSPS) is 23.2. The van der Waals surface area contributed by atoms with E-state index in [1.807, 2.05) is 0 Å². The smallest absolute Gasteiger partial charge is 0.305 e. The van der Waals surface area contributed by atoms with Crippen LogP contribution in [0.1, 0.15) is 19.8 Å². The fourth-order valence-electron chi connectivity index (χ4n) is 1.74. The molecule has 0 aliphatic carbocycles. The van der Waals surface area contributed by atoms with Crippen molar-refractivity contribution in [2.24, 2.45) is 0 Å². The second-order valence-electron chi connectivity index (χ2n) is 3.75. The van der Waals surface area contributed by atoms with Crippen molar-refractivity contribution in [3.63, 3.8) is 0 Å². The minimum absolute atomic E-state index is 0.0586. The Hall–Kier alpha value is -0.660. The Labute approximate surface area is 95.2 Å². The van der Waals surface area contributed by atoms with E-state index in [9.17, 15) is 13.2 Å². The molecule has 6 nitrogen and oxygen atoms in total. The number of nitrogens with zero attached hydrogens (tertiary/aromatic N) is 1. The van der Waals surface area contributed by atoms with Crippen LogP contribution in [0.3, 0.4) is 0 Å². The molecule has 1 heterocycles. The van der Waals surface area contributed by atoms with Gasteiger partial charge in [0, 0.05) is 6.54 Å². The molecular formula is C9H17NO5S. The summed E-state index contributed by atoms with van der Waals surface area (Å²) in [4.78, 5) is 10.6. The molecule has 1 rings (SSSR count). The van der Waals surface area contributed by atoms with Crippen molar-refractivity contribution >= 4 is 16.0 Å². The molecule has 1 aliphatic rings. The van der Waals surface area contributed by atoms with Crippen LogP contribution in [-0.2, 0) is 19.6 Å². The van der Waals surface area contributed by atoms with Crippen LogP contribution in [0.2, 0.25) is 0 Å². The number of carbonyl (C=O) groups is 1. The molecule has 1 saturated heterocycles. The molecule has 0 aromatic heterocycles. The maximum Gasteiger partial charge on any atom is 0.305 e. The fraction of sp³-hybridized carbons (Fsp3) is 0.889. The van der Waals surface area contributed by atoms with Crippen LogP contribution in [0.25, 0.3) is 0 Å². The highest BCUT2D eigenvalue weighted by atomic mass is 32.2. The van der Waals surface area contributed by atoms with E-state index in [0.29, 0.717) is 13.0 Å².